The highest BCUT2D eigenvalue weighted by atomic mass is 19.3. The summed E-state index contributed by atoms with van der Waals surface area (Å²) in [7, 11) is 0. The zero-order valence-electron chi connectivity index (χ0n) is 12.8. The Morgan fingerprint density at radius 3 is 2.35 bits per heavy atom. The summed E-state index contributed by atoms with van der Waals surface area (Å²) in [6.45, 7) is -0.928. The van der Waals surface area contributed by atoms with Crippen molar-refractivity contribution < 1.29 is 18.3 Å². The van der Waals surface area contributed by atoms with Crippen LogP contribution in [0.2, 0.25) is 0 Å². The minimum absolute atomic E-state index is 0.0136. The van der Waals surface area contributed by atoms with Crippen molar-refractivity contribution in [2.24, 2.45) is 0 Å². The van der Waals surface area contributed by atoms with E-state index in [0.29, 0.717) is 5.56 Å². The van der Waals surface area contributed by atoms with E-state index in [1.807, 2.05) is 25.1 Å². The number of carbonyl (C=O) groups excluding carboxylic acids is 1. The van der Waals surface area contributed by atoms with Crippen LogP contribution in [0.25, 0.3) is 0 Å². The predicted molar refractivity (Wildman–Crippen MR) is 84.8 cm³/mol. The van der Waals surface area contributed by atoms with E-state index in [-0.39, 0.29) is 17.7 Å². The molecule has 0 spiro atoms. The molecule has 0 saturated carbocycles. The van der Waals surface area contributed by atoms with Crippen LogP contribution in [0.1, 0.15) is 29.3 Å². The Kier molecular flexibility index (Phi) is 6.09. The van der Waals surface area contributed by atoms with Gasteiger partial charge in [0.25, 0.3) is 5.91 Å². The topological polar surface area (TPSA) is 38.3 Å². The zero-order chi connectivity index (χ0) is 16.7. The van der Waals surface area contributed by atoms with Gasteiger partial charge >= 0.3 is 6.61 Å². The third-order valence-electron chi connectivity index (χ3n) is 3.43. The average Bonchev–Trinajstić information content (AvgIpc) is 2.54. The van der Waals surface area contributed by atoms with Gasteiger partial charge in [-0.05, 0) is 49.6 Å². The number of aryl methyl sites for hydroxylation is 1. The Morgan fingerprint density at radius 1 is 1.09 bits per heavy atom. The van der Waals surface area contributed by atoms with Gasteiger partial charge in [-0.3, -0.25) is 4.79 Å². The molecule has 0 aliphatic carbocycles. The molecule has 2 aromatic rings. The fourth-order valence-electron chi connectivity index (χ4n) is 2.19. The van der Waals surface area contributed by atoms with Gasteiger partial charge in [0, 0.05) is 11.6 Å². The van der Waals surface area contributed by atoms with Crippen molar-refractivity contribution in [1.82, 2.24) is 5.32 Å². The first-order valence-corrected chi connectivity index (χ1v) is 7.44. The van der Waals surface area contributed by atoms with Crippen molar-refractivity contribution in [2.45, 2.75) is 32.4 Å². The number of alkyl halides is 2. The molecular weight excluding hydrogens is 300 g/mol. The van der Waals surface area contributed by atoms with Crippen LogP contribution in [0.15, 0.2) is 54.6 Å². The minimum atomic E-state index is -2.87. The smallest absolute Gasteiger partial charge is 0.387 e. The molecule has 3 nitrogen and oxygen atoms in total. The lowest BCUT2D eigenvalue weighted by Crippen LogP contribution is -2.32. The van der Waals surface area contributed by atoms with E-state index < -0.39 is 6.61 Å². The van der Waals surface area contributed by atoms with E-state index in [1.54, 1.807) is 0 Å². The molecule has 1 atom stereocenters. The summed E-state index contributed by atoms with van der Waals surface area (Å²) in [6, 6.07) is 15.7. The summed E-state index contributed by atoms with van der Waals surface area (Å²) in [5, 5.41) is 2.90. The van der Waals surface area contributed by atoms with Gasteiger partial charge in [-0.25, -0.2) is 0 Å². The summed E-state index contributed by atoms with van der Waals surface area (Å²) >= 11 is 0. The van der Waals surface area contributed by atoms with Crippen molar-refractivity contribution in [3.8, 4) is 5.75 Å². The van der Waals surface area contributed by atoms with Crippen LogP contribution >= 0.6 is 0 Å². The molecule has 0 fully saturated rings. The number of hydrogen-bond donors (Lipinski definition) is 1. The first kappa shape index (κ1) is 16.9. The molecule has 0 radical (unpaired) electrons. The number of rotatable bonds is 7. The van der Waals surface area contributed by atoms with E-state index in [0.717, 1.165) is 12.8 Å². The largest absolute Gasteiger partial charge is 0.435 e. The lowest BCUT2D eigenvalue weighted by molar-refractivity contribution is -0.0498. The fraction of sp³-hybridized carbons (Fsp3) is 0.278. The number of nitrogens with one attached hydrogen (secondary N) is 1. The van der Waals surface area contributed by atoms with Gasteiger partial charge in [0.15, 0.2) is 0 Å². The highest BCUT2D eigenvalue weighted by Gasteiger charge is 2.11. The second-order valence-electron chi connectivity index (χ2n) is 5.30. The van der Waals surface area contributed by atoms with Crippen molar-refractivity contribution in [3.05, 3.63) is 65.7 Å². The van der Waals surface area contributed by atoms with Crippen LogP contribution in [-0.4, -0.2) is 18.6 Å². The minimum Gasteiger partial charge on any atom is -0.435 e. The molecule has 0 unspecified atom stereocenters. The molecule has 0 saturated heterocycles. The normalized spacial score (nSPS) is 12.0. The fourth-order valence-corrected chi connectivity index (χ4v) is 2.19. The lowest BCUT2D eigenvalue weighted by Gasteiger charge is -2.14. The molecule has 1 N–H and O–H groups in total. The predicted octanol–water partition coefficient (Wildman–Crippen LogP) is 4.04. The molecule has 0 heterocycles. The first-order valence-electron chi connectivity index (χ1n) is 7.44. The quantitative estimate of drug-likeness (QED) is 0.836. The maximum Gasteiger partial charge on any atom is 0.387 e. The second kappa shape index (κ2) is 8.27. The van der Waals surface area contributed by atoms with E-state index in [9.17, 15) is 13.6 Å². The Labute approximate surface area is 134 Å². The van der Waals surface area contributed by atoms with Crippen molar-refractivity contribution in [1.29, 1.82) is 0 Å². The average molecular weight is 319 g/mol. The van der Waals surface area contributed by atoms with Gasteiger partial charge in [0.05, 0.1) is 0 Å². The van der Waals surface area contributed by atoms with Crippen LogP contribution in [0.4, 0.5) is 8.78 Å². The van der Waals surface area contributed by atoms with Gasteiger partial charge < -0.3 is 10.1 Å². The Bertz CT molecular complexity index is 615. The molecule has 23 heavy (non-hydrogen) atoms. The van der Waals surface area contributed by atoms with Gasteiger partial charge in [-0.2, -0.15) is 8.78 Å². The summed E-state index contributed by atoms with van der Waals surface area (Å²) in [4.78, 5) is 12.1. The van der Waals surface area contributed by atoms with Crippen molar-refractivity contribution in [3.63, 3.8) is 0 Å². The van der Waals surface area contributed by atoms with E-state index >= 15 is 0 Å². The summed E-state index contributed by atoms with van der Waals surface area (Å²) in [6.07, 6.45) is 1.70. The monoisotopic (exact) mass is 319 g/mol. The standard InChI is InChI=1S/C18H19F2NO2/c1-13(7-8-14-5-3-2-4-6-14)21-17(22)15-9-11-16(12-10-15)23-18(19)20/h2-6,9-13,18H,7-8H2,1H3,(H,21,22)/t13-/m1/s1. The summed E-state index contributed by atoms with van der Waals surface area (Å²) in [5.41, 5.74) is 1.64. The van der Waals surface area contributed by atoms with Gasteiger partial charge in [-0.15, -0.1) is 0 Å². The van der Waals surface area contributed by atoms with E-state index in [1.165, 1.54) is 29.8 Å². The first-order chi connectivity index (χ1) is 11.0. The number of carbonyl (C=O) groups is 1. The number of benzene rings is 2. The van der Waals surface area contributed by atoms with Crippen molar-refractivity contribution in [2.75, 3.05) is 0 Å². The van der Waals surface area contributed by atoms with Crippen LogP contribution in [0, 0.1) is 0 Å². The Morgan fingerprint density at radius 2 is 1.74 bits per heavy atom. The van der Waals surface area contributed by atoms with Crippen LogP contribution < -0.4 is 10.1 Å². The summed E-state index contributed by atoms with van der Waals surface area (Å²) in [5.74, 6) is -0.192. The van der Waals surface area contributed by atoms with Crippen LogP contribution in [0.3, 0.4) is 0 Å². The van der Waals surface area contributed by atoms with E-state index in [2.05, 4.69) is 22.2 Å². The third-order valence-corrected chi connectivity index (χ3v) is 3.43. The molecule has 2 rings (SSSR count). The van der Waals surface area contributed by atoms with Gasteiger partial charge in [0.2, 0.25) is 0 Å². The second-order valence-corrected chi connectivity index (χ2v) is 5.30. The molecule has 0 aromatic heterocycles. The molecule has 0 aliphatic rings. The van der Waals surface area contributed by atoms with Gasteiger partial charge in [0.1, 0.15) is 5.75 Å². The van der Waals surface area contributed by atoms with Crippen molar-refractivity contribution >= 4 is 5.91 Å². The number of ether oxygens (including phenoxy) is 1. The summed E-state index contributed by atoms with van der Waals surface area (Å²) < 4.78 is 28.4. The SMILES string of the molecule is C[C@H](CCc1ccccc1)NC(=O)c1ccc(OC(F)F)cc1. The molecule has 1 amide bonds. The lowest BCUT2D eigenvalue weighted by atomic mass is 10.1. The van der Waals surface area contributed by atoms with Crippen LogP contribution in [0.5, 0.6) is 5.75 Å². The molecule has 5 heteroatoms. The maximum absolute atomic E-state index is 12.1. The maximum atomic E-state index is 12.1. The molecular formula is C18H19F2NO2. The molecule has 2 aromatic carbocycles. The van der Waals surface area contributed by atoms with E-state index in [4.69, 9.17) is 0 Å². The number of halogens is 2. The number of hydrogen-bond acceptors (Lipinski definition) is 2. The Balaban J connectivity index is 1.83. The van der Waals surface area contributed by atoms with Gasteiger partial charge in [-0.1, -0.05) is 30.3 Å². The Hall–Kier alpha value is -2.43. The zero-order valence-corrected chi connectivity index (χ0v) is 12.8. The number of amides is 1. The third kappa shape index (κ3) is 5.70. The molecule has 122 valence electrons. The van der Waals surface area contributed by atoms with Crippen LogP contribution in [-0.2, 0) is 6.42 Å². The highest BCUT2D eigenvalue weighted by molar-refractivity contribution is 5.94. The molecule has 0 bridgehead atoms. The molecule has 0 aliphatic heterocycles. The highest BCUT2D eigenvalue weighted by Crippen LogP contribution is 2.15.